The highest BCUT2D eigenvalue weighted by atomic mass is 35.5. The lowest BCUT2D eigenvalue weighted by atomic mass is 9.83. The predicted octanol–water partition coefficient (Wildman–Crippen LogP) is 5.26. The van der Waals surface area contributed by atoms with Crippen molar-refractivity contribution >= 4 is 35.1 Å². The number of nitrogens with two attached hydrogens (primary N) is 1. The van der Waals surface area contributed by atoms with Gasteiger partial charge in [-0.2, -0.15) is 5.26 Å². The van der Waals surface area contributed by atoms with Crippen LogP contribution in [0.1, 0.15) is 42.6 Å². The molecular weight excluding hydrogens is 495 g/mol. The van der Waals surface area contributed by atoms with E-state index in [2.05, 4.69) is 0 Å². The maximum absolute atomic E-state index is 12.7. The maximum Gasteiger partial charge on any atom is 0.345 e. The summed E-state index contributed by atoms with van der Waals surface area (Å²) in [6.45, 7) is 5.39. The van der Waals surface area contributed by atoms with E-state index in [-0.39, 0.29) is 58.1 Å². The predicted molar refractivity (Wildman–Crippen MR) is 129 cm³/mol. The molecule has 2 aromatic rings. The van der Waals surface area contributed by atoms with Crippen LogP contribution in [0.3, 0.4) is 0 Å². The number of esters is 2. The number of rotatable bonds is 7. The first kappa shape index (κ1) is 25.9. The molecule has 0 radical (unpaired) electrons. The van der Waals surface area contributed by atoms with Gasteiger partial charge in [0, 0.05) is 5.02 Å². The lowest BCUT2D eigenvalue weighted by Gasteiger charge is -2.27. The SMILES string of the molecule is CCOC(=O)C1=C(C)OC(N)=C(C#N)C1c1ccc(OC(=O)c2ccc(Cl)cc2Cl)c(OCC)c1. The molecule has 0 saturated heterocycles. The first-order valence-electron chi connectivity index (χ1n) is 10.6. The molecule has 1 unspecified atom stereocenters. The fraction of sp³-hybridized carbons (Fsp3) is 0.240. The van der Waals surface area contributed by atoms with E-state index in [4.69, 9.17) is 47.9 Å². The van der Waals surface area contributed by atoms with Crippen molar-refractivity contribution < 1.29 is 28.5 Å². The van der Waals surface area contributed by atoms with Gasteiger partial charge in [-0.25, -0.2) is 9.59 Å². The third-order valence-corrected chi connectivity index (χ3v) is 5.60. The van der Waals surface area contributed by atoms with Gasteiger partial charge in [0.1, 0.15) is 17.4 Å². The number of halogens is 2. The van der Waals surface area contributed by atoms with E-state index in [0.717, 1.165) is 0 Å². The van der Waals surface area contributed by atoms with Gasteiger partial charge in [0.25, 0.3) is 0 Å². The van der Waals surface area contributed by atoms with E-state index < -0.39 is 17.9 Å². The van der Waals surface area contributed by atoms with Gasteiger partial charge in [-0.3, -0.25) is 0 Å². The summed E-state index contributed by atoms with van der Waals surface area (Å²) in [4.78, 5) is 25.5. The van der Waals surface area contributed by atoms with Gasteiger partial charge in [0.2, 0.25) is 5.88 Å². The minimum Gasteiger partial charge on any atom is -0.490 e. The molecule has 0 spiro atoms. The monoisotopic (exact) mass is 516 g/mol. The van der Waals surface area contributed by atoms with Crippen molar-refractivity contribution in [1.29, 1.82) is 5.26 Å². The highest BCUT2D eigenvalue weighted by molar-refractivity contribution is 6.36. The zero-order chi connectivity index (χ0) is 25.7. The van der Waals surface area contributed by atoms with Gasteiger partial charge < -0.3 is 24.7 Å². The lowest BCUT2D eigenvalue weighted by molar-refractivity contribution is -0.139. The molecule has 1 aliphatic heterocycles. The number of hydrogen-bond donors (Lipinski definition) is 1. The van der Waals surface area contributed by atoms with E-state index in [9.17, 15) is 14.9 Å². The fourth-order valence-corrected chi connectivity index (χ4v) is 4.04. The van der Waals surface area contributed by atoms with E-state index in [1.807, 2.05) is 6.07 Å². The van der Waals surface area contributed by atoms with E-state index in [1.54, 1.807) is 32.9 Å². The second-order valence-corrected chi connectivity index (χ2v) is 8.11. The molecule has 0 amide bonds. The molecule has 0 bridgehead atoms. The van der Waals surface area contributed by atoms with Gasteiger partial charge in [-0.15, -0.1) is 0 Å². The second-order valence-electron chi connectivity index (χ2n) is 7.27. The number of ether oxygens (including phenoxy) is 4. The molecule has 1 aliphatic rings. The molecule has 0 fully saturated rings. The molecule has 8 nitrogen and oxygen atoms in total. The van der Waals surface area contributed by atoms with Crippen molar-refractivity contribution in [1.82, 2.24) is 0 Å². The topological polar surface area (TPSA) is 121 Å². The van der Waals surface area contributed by atoms with Gasteiger partial charge in [-0.05, 0) is 56.7 Å². The van der Waals surface area contributed by atoms with Crippen molar-refractivity contribution in [3.05, 3.63) is 80.4 Å². The largest absolute Gasteiger partial charge is 0.490 e. The smallest absolute Gasteiger partial charge is 0.345 e. The Morgan fingerprint density at radius 3 is 2.46 bits per heavy atom. The minimum atomic E-state index is -0.873. The van der Waals surface area contributed by atoms with Crippen LogP contribution in [0.25, 0.3) is 0 Å². The summed E-state index contributed by atoms with van der Waals surface area (Å²) in [7, 11) is 0. The Morgan fingerprint density at radius 1 is 1.09 bits per heavy atom. The maximum atomic E-state index is 12.7. The van der Waals surface area contributed by atoms with Crippen LogP contribution < -0.4 is 15.2 Å². The zero-order valence-corrected chi connectivity index (χ0v) is 20.7. The Hall–Kier alpha value is -3.67. The van der Waals surface area contributed by atoms with Crippen molar-refractivity contribution in [2.24, 2.45) is 5.73 Å². The number of hydrogen-bond acceptors (Lipinski definition) is 8. The molecule has 0 saturated carbocycles. The van der Waals surface area contributed by atoms with E-state index >= 15 is 0 Å². The molecule has 35 heavy (non-hydrogen) atoms. The number of carbonyl (C=O) groups is 2. The Kier molecular flexibility index (Phi) is 8.28. The molecule has 0 aliphatic carbocycles. The van der Waals surface area contributed by atoms with Crippen LogP contribution in [0.5, 0.6) is 11.5 Å². The summed E-state index contributed by atoms with van der Waals surface area (Å²) in [6.07, 6.45) is 0. The Balaban J connectivity index is 2.05. The Morgan fingerprint density at radius 2 is 1.83 bits per heavy atom. The summed E-state index contributed by atoms with van der Waals surface area (Å²) in [5, 5.41) is 10.3. The van der Waals surface area contributed by atoms with Crippen LogP contribution in [0.2, 0.25) is 10.0 Å². The molecule has 2 N–H and O–H groups in total. The molecule has 0 aromatic heterocycles. The quantitative estimate of drug-likeness (QED) is 0.390. The molecule has 2 aromatic carbocycles. The Bertz CT molecular complexity index is 1280. The number of nitrogens with zero attached hydrogens (tertiary/aromatic N) is 1. The molecule has 1 heterocycles. The van der Waals surface area contributed by atoms with Crippen molar-refractivity contribution in [3.63, 3.8) is 0 Å². The molecular formula is C25H22Cl2N2O6. The van der Waals surface area contributed by atoms with E-state index in [0.29, 0.717) is 10.6 Å². The zero-order valence-electron chi connectivity index (χ0n) is 19.2. The van der Waals surface area contributed by atoms with Crippen LogP contribution in [0, 0.1) is 11.3 Å². The van der Waals surface area contributed by atoms with Crippen LogP contribution >= 0.6 is 23.2 Å². The molecule has 3 rings (SSSR count). The standard InChI is InChI=1S/C25H22Cl2N2O6/c1-4-32-20-10-14(6-9-19(20)35-24(30)16-8-7-15(26)11-18(16)27)22-17(12-28)23(29)34-13(3)21(22)25(31)33-5-2/h6-11,22H,4-5,29H2,1-3H3. The van der Waals surface area contributed by atoms with Crippen LogP contribution in [0.4, 0.5) is 0 Å². The summed E-state index contributed by atoms with van der Waals surface area (Å²) in [6, 6.07) is 11.1. The summed E-state index contributed by atoms with van der Waals surface area (Å²) in [5.74, 6) is -1.79. The first-order valence-corrected chi connectivity index (χ1v) is 11.4. The van der Waals surface area contributed by atoms with Gasteiger partial charge in [-0.1, -0.05) is 29.3 Å². The summed E-state index contributed by atoms with van der Waals surface area (Å²) < 4.78 is 21.8. The highest BCUT2D eigenvalue weighted by Crippen LogP contribution is 2.42. The van der Waals surface area contributed by atoms with Gasteiger partial charge in [0.15, 0.2) is 11.5 Å². The summed E-state index contributed by atoms with van der Waals surface area (Å²) >= 11 is 12.0. The van der Waals surface area contributed by atoms with E-state index in [1.165, 1.54) is 24.3 Å². The van der Waals surface area contributed by atoms with Gasteiger partial charge >= 0.3 is 11.9 Å². The Labute approximate surface area is 212 Å². The third kappa shape index (κ3) is 5.53. The van der Waals surface area contributed by atoms with Crippen molar-refractivity contribution in [2.45, 2.75) is 26.7 Å². The lowest BCUT2D eigenvalue weighted by Crippen LogP contribution is -2.25. The molecule has 1 atom stereocenters. The number of allylic oxidation sites excluding steroid dienone is 2. The fourth-order valence-electron chi connectivity index (χ4n) is 3.55. The number of carbonyl (C=O) groups excluding carboxylic acids is 2. The van der Waals surface area contributed by atoms with Crippen LogP contribution in [-0.4, -0.2) is 25.2 Å². The highest BCUT2D eigenvalue weighted by Gasteiger charge is 2.36. The third-order valence-electron chi connectivity index (χ3n) is 5.06. The molecule has 10 heteroatoms. The first-order chi connectivity index (χ1) is 16.7. The summed E-state index contributed by atoms with van der Waals surface area (Å²) in [5.41, 5.74) is 6.74. The second kappa shape index (κ2) is 11.2. The van der Waals surface area contributed by atoms with Crippen LogP contribution in [0.15, 0.2) is 59.2 Å². The van der Waals surface area contributed by atoms with Gasteiger partial charge in [0.05, 0.1) is 35.3 Å². The average Bonchev–Trinajstić information content (AvgIpc) is 2.80. The van der Waals surface area contributed by atoms with Crippen LogP contribution in [-0.2, 0) is 14.3 Å². The number of benzene rings is 2. The van der Waals surface area contributed by atoms with Crippen molar-refractivity contribution in [2.75, 3.05) is 13.2 Å². The minimum absolute atomic E-state index is 0.0405. The normalized spacial score (nSPS) is 15.3. The molecule has 182 valence electrons. The van der Waals surface area contributed by atoms with Crippen molar-refractivity contribution in [3.8, 4) is 17.6 Å². The average molecular weight is 517 g/mol. The number of nitriles is 1.